The van der Waals surface area contributed by atoms with E-state index in [1.54, 1.807) is 0 Å². The fraction of sp³-hybridized carbons (Fsp3) is 0.667. The van der Waals surface area contributed by atoms with Gasteiger partial charge in [-0.05, 0) is 32.8 Å². The van der Waals surface area contributed by atoms with Gasteiger partial charge in [0.25, 0.3) is 0 Å². The van der Waals surface area contributed by atoms with Gasteiger partial charge in [-0.15, -0.1) is 0 Å². The molecule has 3 heterocycles. The number of amides is 1. The molecular weight excluding hydrogens is 268 g/mol. The van der Waals surface area contributed by atoms with Gasteiger partial charge in [0.1, 0.15) is 0 Å². The number of anilines is 1. The first-order valence-electron chi connectivity index (χ1n) is 7.52. The van der Waals surface area contributed by atoms with Crippen LogP contribution in [0.25, 0.3) is 0 Å². The summed E-state index contributed by atoms with van der Waals surface area (Å²) in [4.78, 5) is 23.1. The summed E-state index contributed by atoms with van der Waals surface area (Å²) in [7, 11) is 0. The van der Waals surface area contributed by atoms with Gasteiger partial charge in [0.15, 0.2) is 0 Å². The van der Waals surface area contributed by atoms with E-state index < -0.39 is 0 Å². The van der Waals surface area contributed by atoms with Crippen molar-refractivity contribution in [3.8, 4) is 0 Å². The van der Waals surface area contributed by atoms with Crippen molar-refractivity contribution >= 4 is 11.9 Å². The topological polar surface area (TPSA) is 67.4 Å². The van der Waals surface area contributed by atoms with Crippen molar-refractivity contribution in [2.45, 2.75) is 45.4 Å². The van der Waals surface area contributed by atoms with Crippen LogP contribution in [0.1, 0.15) is 25.8 Å². The second-order valence-electron chi connectivity index (χ2n) is 6.27. The largest absolute Gasteiger partial charge is 0.370 e. The number of carbonyl (C=O) groups excluding carboxylic acids is 1. The van der Waals surface area contributed by atoms with Crippen molar-refractivity contribution in [1.82, 2.24) is 15.3 Å². The molecule has 2 aliphatic rings. The quantitative estimate of drug-likeness (QED) is 0.896. The minimum Gasteiger partial charge on any atom is -0.370 e. The molecule has 3 unspecified atom stereocenters. The molecule has 2 fully saturated rings. The van der Waals surface area contributed by atoms with Crippen molar-refractivity contribution in [3.63, 3.8) is 0 Å². The zero-order valence-electron chi connectivity index (χ0n) is 12.7. The lowest BCUT2D eigenvalue weighted by Gasteiger charge is -2.32. The van der Waals surface area contributed by atoms with Crippen LogP contribution in [-0.2, 0) is 9.53 Å². The minimum atomic E-state index is -0.0626. The second kappa shape index (κ2) is 5.60. The van der Waals surface area contributed by atoms with Crippen LogP contribution in [-0.4, -0.2) is 47.2 Å². The molecule has 2 aliphatic heterocycles. The molecule has 0 aliphatic carbocycles. The van der Waals surface area contributed by atoms with Crippen LogP contribution in [0.5, 0.6) is 0 Å². The molecular formula is C15H22N4O2. The SMILES string of the molecule is Cc1cnc(N2CC3CC(C(=O)NC(C)C)C(C2)O3)nc1. The number of ether oxygens (including phenoxy) is 1. The number of carbonyl (C=O) groups is 1. The van der Waals surface area contributed by atoms with E-state index >= 15 is 0 Å². The molecule has 0 saturated carbocycles. The molecule has 1 aromatic heterocycles. The maximum Gasteiger partial charge on any atom is 0.226 e. The highest BCUT2D eigenvalue weighted by atomic mass is 16.5. The maximum absolute atomic E-state index is 12.2. The van der Waals surface area contributed by atoms with Crippen LogP contribution in [0.15, 0.2) is 12.4 Å². The molecule has 3 rings (SSSR count). The third-order valence-electron chi connectivity index (χ3n) is 3.98. The smallest absolute Gasteiger partial charge is 0.226 e. The second-order valence-corrected chi connectivity index (χ2v) is 6.27. The zero-order chi connectivity index (χ0) is 15.0. The third kappa shape index (κ3) is 3.00. The summed E-state index contributed by atoms with van der Waals surface area (Å²) in [6.45, 7) is 7.36. The van der Waals surface area contributed by atoms with Crippen LogP contribution >= 0.6 is 0 Å². The maximum atomic E-state index is 12.2. The van der Waals surface area contributed by atoms with E-state index in [0.717, 1.165) is 24.5 Å². The Morgan fingerprint density at radius 2 is 2.10 bits per heavy atom. The molecule has 114 valence electrons. The highest BCUT2D eigenvalue weighted by molar-refractivity contribution is 5.80. The monoisotopic (exact) mass is 290 g/mol. The summed E-state index contributed by atoms with van der Waals surface area (Å²) in [5, 5.41) is 2.99. The van der Waals surface area contributed by atoms with E-state index in [-0.39, 0.29) is 30.1 Å². The molecule has 2 bridgehead atoms. The third-order valence-corrected chi connectivity index (χ3v) is 3.98. The van der Waals surface area contributed by atoms with Gasteiger partial charge >= 0.3 is 0 Å². The Morgan fingerprint density at radius 3 is 2.76 bits per heavy atom. The first-order valence-corrected chi connectivity index (χ1v) is 7.52. The van der Waals surface area contributed by atoms with Gasteiger partial charge in [-0.25, -0.2) is 9.97 Å². The molecule has 1 aromatic rings. The Hall–Kier alpha value is -1.69. The van der Waals surface area contributed by atoms with E-state index in [2.05, 4.69) is 20.2 Å². The number of aromatic nitrogens is 2. The summed E-state index contributed by atoms with van der Waals surface area (Å²) >= 11 is 0. The highest BCUT2D eigenvalue weighted by Crippen LogP contribution is 2.33. The number of hydrogen-bond donors (Lipinski definition) is 1. The van der Waals surface area contributed by atoms with Crippen molar-refractivity contribution in [3.05, 3.63) is 18.0 Å². The fourth-order valence-corrected chi connectivity index (χ4v) is 3.04. The lowest BCUT2D eigenvalue weighted by Crippen LogP contribution is -2.46. The lowest BCUT2D eigenvalue weighted by atomic mass is 9.99. The summed E-state index contributed by atoms with van der Waals surface area (Å²) in [5.74, 6) is 0.765. The summed E-state index contributed by atoms with van der Waals surface area (Å²) < 4.78 is 5.93. The van der Waals surface area contributed by atoms with E-state index in [9.17, 15) is 4.79 Å². The van der Waals surface area contributed by atoms with Gasteiger partial charge in [0.05, 0.1) is 18.1 Å². The van der Waals surface area contributed by atoms with E-state index in [1.165, 1.54) is 0 Å². The summed E-state index contributed by atoms with van der Waals surface area (Å²) in [6.07, 6.45) is 4.46. The molecule has 1 N–H and O–H groups in total. The average Bonchev–Trinajstić information content (AvgIpc) is 2.73. The van der Waals surface area contributed by atoms with E-state index in [1.807, 2.05) is 33.2 Å². The molecule has 1 amide bonds. The number of nitrogens with one attached hydrogen (secondary N) is 1. The Bertz CT molecular complexity index is 517. The first kappa shape index (κ1) is 14.3. The van der Waals surface area contributed by atoms with Crippen molar-refractivity contribution < 1.29 is 9.53 Å². The van der Waals surface area contributed by atoms with Gasteiger partial charge in [-0.2, -0.15) is 0 Å². The molecule has 6 heteroatoms. The molecule has 6 nitrogen and oxygen atoms in total. The number of fused-ring (bicyclic) bond motifs is 2. The van der Waals surface area contributed by atoms with Gasteiger partial charge < -0.3 is 15.0 Å². The van der Waals surface area contributed by atoms with Gasteiger partial charge in [0, 0.05) is 31.5 Å². The molecule has 0 spiro atoms. The molecule has 0 radical (unpaired) electrons. The van der Waals surface area contributed by atoms with Crippen LogP contribution in [0, 0.1) is 12.8 Å². The number of hydrogen-bond acceptors (Lipinski definition) is 5. The summed E-state index contributed by atoms with van der Waals surface area (Å²) in [6, 6.07) is 0.162. The van der Waals surface area contributed by atoms with Crippen LogP contribution in [0.2, 0.25) is 0 Å². The Kier molecular flexibility index (Phi) is 3.80. The number of rotatable bonds is 3. The fourth-order valence-electron chi connectivity index (χ4n) is 3.04. The van der Waals surface area contributed by atoms with Gasteiger partial charge in [0.2, 0.25) is 11.9 Å². The standard InChI is InChI=1S/C15H22N4O2/c1-9(2)18-14(20)12-4-11-7-19(8-13(12)21-11)15-16-5-10(3)6-17-15/h5-6,9,11-13H,4,7-8H2,1-3H3,(H,18,20). The Balaban J connectivity index is 1.69. The Morgan fingerprint density at radius 1 is 1.38 bits per heavy atom. The van der Waals surface area contributed by atoms with Crippen LogP contribution in [0.4, 0.5) is 5.95 Å². The van der Waals surface area contributed by atoms with Gasteiger partial charge in [-0.1, -0.05) is 0 Å². The zero-order valence-corrected chi connectivity index (χ0v) is 12.7. The van der Waals surface area contributed by atoms with Crippen molar-refractivity contribution in [1.29, 1.82) is 0 Å². The molecule has 0 aromatic carbocycles. The van der Waals surface area contributed by atoms with E-state index in [4.69, 9.17) is 4.74 Å². The van der Waals surface area contributed by atoms with Gasteiger partial charge in [-0.3, -0.25) is 4.79 Å². The lowest BCUT2D eigenvalue weighted by molar-refractivity contribution is -0.127. The van der Waals surface area contributed by atoms with Crippen LogP contribution < -0.4 is 10.2 Å². The summed E-state index contributed by atoms with van der Waals surface area (Å²) in [5.41, 5.74) is 1.05. The molecule has 2 saturated heterocycles. The first-order chi connectivity index (χ1) is 10.0. The predicted octanol–water partition coefficient (Wildman–Crippen LogP) is 0.903. The predicted molar refractivity (Wildman–Crippen MR) is 79.0 cm³/mol. The minimum absolute atomic E-state index is 0.0622. The Labute approximate surface area is 124 Å². The number of nitrogens with zero attached hydrogens (tertiary/aromatic N) is 3. The highest BCUT2D eigenvalue weighted by Gasteiger charge is 2.45. The van der Waals surface area contributed by atoms with Crippen LogP contribution in [0.3, 0.4) is 0 Å². The van der Waals surface area contributed by atoms with Crippen molar-refractivity contribution in [2.75, 3.05) is 18.0 Å². The normalized spacial score (nSPS) is 28.0. The number of morpholine rings is 1. The molecule has 21 heavy (non-hydrogen) atoms. The van der Waals surface area contributed by atoms with Crippen molar-refractivity contribution in [2.24, 2.45) is 5.92 Å². The molecule has 3 atom stereocenters. The average molecular weight is 290 g/mol. The van der Waals surface area contributed by atoms with E-state index in [0.29, 0.717) is 6.54 Å². The number of aryl methyl sites for hydroxylation is 1.